The van der Waals surface area contributed by atoms with E-state index in [1.807, 2.05) is 0 Å². The van der Waals surface area contributed by atoms with Gasteiger partial charge in [-0.2, -0.15) is 0 Å². The Hall–Kier alpha value is -1.62. The Kier molecular flexibility index (Phi) is 3.81. The van der Waals surface area contributed by atoms with Crippen LogP contribution in [0.25, 0.3) is 0 Å². The molecule has 5 heteroatoms. The number of halogens is 1. The van der Waals surface area contributed by atoms with Crippen molar-refractivity contribution in [3.8, 4) is 5.75 Å². The molecule has 1 aliphatic heterocycles. The predicted molar refractivity (Wildman–Crippen MR) is 64.1 cm³/mol. The second-order valence-corrected chi connectivity index (χ2v) is 4.43. The van der Waals surface area contributed by atoms with E-state index in [9.17, 15) is 9.18 Å². The highest BCUT2D eigenvalue weighted by molar-refractivity contribution is 5.73. The fraction of sp³-hybridized carbons (Fsp3) is 0.462. The average molecular weight is 253 g/mol. The molecule has 98 valence electrons. The summed E-state index contributed by atoms with van der Waals surface area (Å²) in [6.07, 6.45) is 2.25. The van der Waals surface area contributed by atoms with Crippen LogP contribution in [0.1, 0.15) is 30.9 Å². The Morgan fingerprint density at radius 1 is 1.50 bits per heavy atom. The Balaban J connectivity index is 2.16. The molecule has 1 aliphatic rings. The second-order valence-electron chi connectivity index (χ2n) is 4.43. The molecule has 0 spiro atoms. The number of carboxylic acid groups (broad SMARTS) is 1. The minimum Gasteiger partial charge on any atom is -0.494 e. The van der Waals surface area contributed by atoms with Gasteiger partial charge in [0.2, 0.25) is 0 Å². The summed E-state index contributed by atoms with van der Waals surface area (Å²) in [6.45, 7) is 0. The van der Waals surface area contributed by atoms with E-state index in [4.69, 9.17) is 9.84 Å². The van der Waals surface area contributed by atoms with Gasteiger partial charge in [-0.15, -0.1) is 0 Å². The predicted octanol–water partition coefficient (Wildman–Crippen LogP) is 2.10. The van der Waals surface area contributed by atoms with Crippen molar-refractivity contribution in [1.82, 2.24) is 5.32 Å². The molecule has 0 aromatic heterocycles. The molecule has 4 nitrogen and oxygen atoms in total. The lowest BCUT2D eigenvalue weighted by Crippen LogP contribution is -2.42. The summed E-state index contributed by atoms with van der Waals surface area (Å²) in [4.78, 5) is 10.9. The maximum atomic E-state index is 13.6. The van der Waals surface area contributed by atoms with Gasteiger partial charge in [-0.05, 0) is 37.0 Å². The van der Waals surface area contributed by atoms with Crippen molar-refractivity contribution in [2.24, 2.45) is 0 Å². The van der Waals surface area contributed by atoms with Crippen LogP contribution >= 0.6 is 0 Å². The molecule has 0 bridgehead atoms. The van der Waals surface area contributed by atoms with Gasteiger partial charge in [0.15, 0.2) is 11.6 Å². The first-order valence-corrected chi connectivity index (χ1v) is 5.94. The summed E-state index contributed by atoms with van der Waals surface area (Å²) in [5.41, 5.74) is 0.763. The van der Waals surface area contributed by atoms with Crippen LogP contribution < -0.4 is 10.1 Å². The molecule has 1 aromatic carbocycles. The molecule has 18 heavy (non-hydrogen) atoms. The van der Waals surface area contributed by atoms with Gasteiger partial charge in [0, 0.05) is 6.04 Å². The highest BCUT2D eigenvalue weighted by Gasteiger charge is 2.27. The Morgan fingerprint density at radius 2 is 2.28 bits per heavy atom. The fourth-order valence-corrected chi connectivity index (χ4v) is 2.29. The molecule has 0 aliphatic carbocycles. The molecule has 1 aromatic rings. The molecule has 1 saturated heterocycles. The maximum absolute atomic E-state index is 13.6. The number of piperidine rings is 1. The fourth-order valence-electron chi connectivity index (χ4n) is 2.29. The lowest BCUT2D eigenvalue weighted by molar-refractivity contribution is -0.140. The normalized spacial score (nSPS) is 23.7. The van der Waals surface area contributed by atoms with Gasteiger partial charge in [0.25, 0.3) is 0 Å². The van der Waals surface area contributed by atoms with Crippen LogP contribution in [-0.4, -0.2) is 24.2 Å². The minimum absolute atomic E-state index is 0.111. The number of methoxy groups -OCH3 is 1. The van der Waals surface area contributed by atoms with Gasteiger partial charge in [-0.25, -0.2) is 4.39 Å². The number of rotatable bonds is 3. The van der Waals surface area contributed by atoms with Crippen molar-refractivity contribution in [3.05, 3.63) is 29.6 Å². The van der Waals surface area contributed by atoms with Crippen molar-refractivity contribution < 1.29 is 19.0 Å². The molecule has 2 rings (SSSR count). The quantitative estimate of drug-likeness (QED) is 0.866. The van der Waals surface area contributed by atoms with E-state index in [1.165, 1.54) is 13.2 Å². The highest BCUT2D eigenvalue weighted by atomic mass is 19.1. The third kappa shape index (κ3) is 2.61. The second kappa shape index (κ2) is 5.35. The molecule has 0 amide bonds. The SMILES string of the molecule is COc1ccc(C2CCCC(C(=O)O)N2)cc1F. The number of carboxylic acids is 1. The van der Waals surface area contributed by atoms with Crippen molar-refractivity contribution in [2.45, 2.75) is 31.3 Å². The summed E-state index contributed by atoms with van der Waals surface area (Å²) in [5, 5.41) is 12.0. The number of hydrogen-bond donors (Lipinski definition) is 2. The topological polar surface area (TPSA) is 58.6 Å². The van der Waals surface area contributed by atoms with Crippen LogP contribution in [0.15, 0.2) is 18.2 Å². The molecule has 1 fully saturated rings. The Morgan fingerprint density at radius 3 is 2.89 bits per heavy atom. The summed E-state index contributed by atoms with van der Waals surface area (Å²) in [6, 6.07) is 4.08. The van der Waals surface area contributed by atoms with Crippen LogP contribution in [0.2, 0.25) is 0 Å². The highest BCUT2D eigenvalue weighted by Crippen LogP contribution is 2.28. The molecule has 0 radical (unpaired) electrons. The van der Waals surface area contributed by atoms with Crippen LogP contribution in [0.3, 0.4) is 0 Å². The van der Waals surface area contributed by atoms with Crippen LogP contribution in [0.4, 0.5) is 4.39 Å². The molecule has 0 saturated carbocycles. The van der Waals surface area contributed by atoms with Crippen molar-refractivity contribution in [1.29, 1.82) is 0 Å². The van der Waals surface area contributed by atoms with E-state index in [2.05, 4.69) is 5.32 Å². The van der Waals surface area contributed by atoms with Crippen LogP contribution in [0, 0.1) is 5.82 Å². The summed E-state index contributed by atoms with van der Waals surface area (Å²) >= 11 is 0. The van der Waals surface area contributed by atoms with Gasteiger partial charge in [0.1, 0.15) is 6.04 Å². The van der Waals surface area contributed by atoms with E-state index < -0.39 is 17.8 Å². The van der Waals surface area contributed by atoms with Crippen molar-refractivity contribution in [2.75, 3.05) is 7.11 Å². The van der Waals surface area contributed by atoms with Crippen LogP contribution in [0.5, 0.6) is 5.75 Å². The standard InChI is InChI=1S/C13H16FNO3/c1-18-12-6-5-8(7-9(12)14)10-3-2-4-11(15-10)13(16)17/h5-7,10-11,15H,2-4H2,1H3,(H,16,17). The number of hydrogen-bond acceptors (Lipinski definition) is 3. The largest absolute Gasteiger partial charge is 0.494 e. The molecular formula is C13H16FNO3. The third-order valence-electron chi connectivity index (χ3n) is 3.26. The van der Waals surface area contributed by atoms with Gasteiger partial charge in [-0.1, -0.05) is 6.07 Å². The lowest BCUT2D eigenvalue weighted by Gasteiger charge is -2.29. The van der Waals surface area contributed by atoms with Gasteiger partial charge in [0.05, 0.1) is 7.11 Å². The number of benzene rings is 1. The molecular weight excluding hydrogens is 237 g/mol. The van der Waals surface area contributed by atoms with E-state index in [0.717, 1.165) is 18.4 Å². The van der Waals surface area contributed by atoms with E-state index in [-0.39, 0.29) is 11.8 Å². The summed E-state index contributed by atoms with van der Waals surface area (Å²) in [5.74, 6) is -1.08. The molecule has 2 unspecified atom stereocenters. The number of aliphatic carboxylic acids is 1. The van der Waals surface area contributed by atoms with Gasteiger partial charge in [-0.3, -0.25) is 10.1 Å². The molecule has 1 heterocycles. The first kappa shape index (κ1) is 12.8. The van der Waals surface area contributed by atoms with Gasteiger partial charge >= 0.3 is 5.97 Å². The van der Waals surface area contributed by atoms with Crippen molar-refractivity contribution >= 4 is 5.97 Å². The van der Waals surface area contributed by atoms with Crippen molar-refractivity contribution in [3.63, 3.8) is 0 Å². The number of ether oxygens (including phenoxy) is 1. The monoisotopic (exact) mass is 253 g/mol. The smallest absolute Gasteiger partial charge is 0.320 e. The number of carbonyl (C=O) groups is 1. The third-order valence-corrected chi connectivity index (χ3v) is 3.26. The van der Waals surface area contributed by atoms with Crippen LogP contribution in [-0.2, 0) is 4.79 Å². The van der Waals surface area contributed by atoms with Gasteiger partial charge < -0.3 is 9.84 Å². The Labute approximate surface area is 105 Å². The van der Waals surface area contributed by atoms with E-state index in [1.54, 1.807) is 12.1 Å². The molecule has 2 N–H and O–H groups in total. The Bertz CT molecular complexity index is 450. The zero-order chi connectivity index (χ0) is 13.1. The maximum Gasteiger partial charge on any atom is 0.320 e. The van der Waals surface area contributed by atoms with E-state index in [0.29, 0.717) is 6.42 Å². The summed E-state index contributed by atoms with van der Waals surface area (Å²) in [7, 11) is 1.41. The average Bonchev–Trinajstić information content (AvgIpc) is 2.38. The lowest BCUT2D eigenvalue weighted by atomic mass is 9.93. The number of nitrogens with one attached hydrogen (secondary N) is 1. The first-order valence-electron chi connectivity index (χ1n) is 5.94. The zero-order valence-corrected chi connectivity index (χ0v) is 10.1. The van der Waals surface area contributed by atoms with E-state index >= 15 is 0 Å². The zero-order valence-electron chi connectivity index (χ0n) is 10.1. The summed E-state index contributed by atoms with van der Waals surface area (Å²) < 4.78 is 18.4. The minimum atomic E-state index is -0.853. The molecule has 2 atom stereocenters. The first-order chi connectivity index (χ1) is 8.61.